The van der Waals surface area contributed by atoms with E-state index in [2.05, 4.69) is 11.4 Å². The van der Waals surface area contributed by atoms with Gasteiger partial charge in [-0.3, -0.25) is 4.79 Å². The van der Waals surface area contributed by atoms with Crippen LogP contribution in [0.25, 0.3) is 0 Å². The summed E-state index contributed by atoms with van der Waals surface area (Å²) in [7, 11) is -3.45. The lowest BCUT2D eigenvalue weighted by molar-refractivity contribution is 0.0679. The van der Waals surface area contributed by atoms with Crippen LogP contribution in [0, 0.1) is 0 Å². The molecule has 1 amide bonds. The van der Waals surface area contributed by atoms with Gasteiger partial charge in [-0.15, -0.1) is 11.3 Å². The smallest absolute Gasteiger partial charge is 0.254 e. The van der Waals surface area contributed by atoms with Crippen LogP contribution in [0.5, 0.6) is 0 Å². The van der Waals surface area contributed by atoms with Gasteiger partial charge < -0.3 is 4.90 Å². The second kappa shape index (κ2) is 7.53. The SMILES string of the molecule is CC1c2ccsc2CCN1C(=O)c1cccc(CS(=O)(=O)c2ccccc2)c1. The minimum atomic E-state index is -3.45. The molecule has 1 unspecified atom stereocenters. The standard InChI is InChI=1S/C22H21NO3S2/c1-16-20-11-13-27-21(20)10-12-23(16)22(24)18-7-5-6-17(14-18)15-28(25,26)19-8-3-2-4-9-19/h2-9,11,13-14,16H,10,12,15H2,1H3. The first kappa shape index (κ1) is 18.9. The zero-order valence-electron chi connectivity index (χ0n) is 15.5. The molecule has 0 fully saturated rings. The molecule has 144 valence electrons. The number of rotatable bonds is 4. The van der Waals surface area contributed by atoms with Gasteiger partial charge in [-0.1, -0.05) is 30.3 Å². The fourth-order valence-corrected chi connectivity index (χ4v) is 6.00. The molecule has 1 aromatic heterocycles. The third-order valence-corrected chi connectivity index (χ3v) is 7.87. The maximum absolute atomic E-state index is 13.1. The van der Waals surface area contributed by atoms with Crippen LogP contribution in [-0.4, -0.2) is 25.8 Å². The van der Waals surface area contributed by atoms with Crippen LogP contribution in [0.1, 0.15) is 39.3 Å². The lowest BCUT2D eigenvalue weighted by Crippen LogP contribution is -2.38. The van der Waals surface area contributed by atoms with Crippen LogP contribution in [-0.2, 0) is 22.0 Å². The second-order valence-electron chi connectivity index (χ2n) is 7.00. The molecule has 2 heterocycles. The van der Waals surface area contributed by atoms with Crippen LogP contribution < -0.4 is 0 Å². The van der Waals surface area contributed by atoms with E-state index in [0.717, 1.165) is 6.42 Å². The Morgan fingerprint density at radius 3 is 2.68 bits per heavy atom. The quantitative estimate of drug-likeness (QED) is 0.636. The third-order valence-electron chi connectivity index (χ3n) is 5.17. The van der Waals surface area contributed by atoms with Gasteiger partial charge in [0.2, 0.25) is 0 Å². The first-order valence-electron chi connectivity index (χ1n) is 9.20. The Hall–Kier alpha value is -2.44. The normalized spacial score (nSPS) is 16.6. The predicted molar refractivity (Wildman–Crippen MR) is 111 cm³/mol. The molecule has 0 bridgehead atoms. The molecule has 28 heavy (non-hydrogen) atoms. The number of sulfone groups is 1. The average Bonchev–Trinajstić information content (AvgIpc) is 3.18. The Morgan fingerprint density at radius 2 is 1.89 bits per heavy atom. The summed E-state index contributed by atoms with van der Waals surface area (Å²) >= 11 is 1.74. The van der Waals surface area contributed by atoms with E-state index >= 15 is 0 Å². The first-order valence-corrected chi connectivity index (χ1v) is 11.7. The van der Waals surface area contributed by atoms with Gasteiger partial charge in [0.05, 0.1) is 16.7 Å². The maximum atomic E-state index is 13.1. The van der Waals surface area contributed by atoms with Crippen LogP contribution in [0.4, 0.5) is 0 Å². The van der Waals surface area contributed by atoms with Gasteiger partial charge in [0.15, 0.2) is 9.84 Å². The number of hydrogen-bond donors (Lipinski definition) is 0. The Labute approximate surface area is 169 Å². The van der Waals surface area contributed by atoms with E-state index in [9.17, 15) is 13.2 Å². The van der Waals surface area contributed by atoms with Crippen LogP contribution >= 0.6 is 11.3 Å². The van der Waals surface area contributed by atoms with Crippen molar-refractivity contribution in [2.75, 3.05) is 6.54 Å². The van der Waals surface area contributed by atoms with Gasteiger partial charge in [-0.25, -0.2) is 8.42 Å². The predicted octanol–water partition coefficient (Wildman–Crippen LogP) is 4.48. The van der Waals surface area contributed by atoms with E-state index in [0.29, 0.717) is 22.6 Å². The molecular weight excluding hydrogens is 390 g/mol. The van der Waals surface area contributed by atoms with Crippen LogP contribution in [0.3, 0.4) is 0 Å². The van der Waals surface area contributed by atoms with Crippen molar-refractivity contribution >= 4 is 27.1 Å². The first-order chi connectivity index (χ1) is 13.5. The monoisotopic (exact) mass is 411 g/mol. The summed E-state index contributed by atoms with van der Waals surface area (Å²) in [4.78, 5) is 16.6. The number of carbonyl (C=O) groups is 1. The van der Waals surface area contributed by atoms with Crippen molar-refractivity contribution in [1.29, 1.82) is 0 Å². The number of nitrogens with zero attached hydrogens (tertiary/aromatic N) is 1. The average molecular weight is 412 g/mol. The molecule has 0 spiro atoms. The van der Waals surface area contributed by atoms with E-state index < -0.39 is 9.84 Å². The summed E-state index contributed by atoms with van der Waals surface area (Å²) in [6, 6.07) is 17.5. The zero-order valence-corrected chi connectivity index (χ0v) is 17.2. The van der Waals surface area contributed by atoms with Crippen molar-refractivity contribution < 1.29 is 13.2 Å². The second-order valence-corrected chi connectivity index (χ2v) is 9.99. The molecule has 0 radical (unpaired) electrons. The summed E-state index contributed by atoms with van der Waals surface area (Å²) in [6.45, 7) is 2.73. The number of thiophene rings is 1. The third kappa shape index (κ3) is 3.62. The highest BCUT2D eigenvalue weighted by Crippen LogP contribution is 2.33. The van der Waals surface area contributed by atoms with Crippen molar-refractivity contribution in [3.05, 3.63) is 87.6 Å². The number of fused-ring (bicyclic) bond motifs is 1. The van der Waals surface area contributed by atoms with Crippen molar-refractivity contribution in [3.8, 4) is 0 Å². The van der Waals surface area contributed by atoms with E-state index in [1.165, 1.54) is 10.4 Å². The fraction of sp³-hybridized carbons (Fsp3) is 0.227. The Balaban J connectivity index is 1.57. The van der Waals surface area contributed by atoms with Gasteiger partial charge >= 0.3 is 0 Å². The van der Waals surface area contributed by atoms with Gasteiger partial charge in [-0.2, -0.15) is 0 Å². The number of amides is 1. The number of benzene rings is 2. The topological polar surface area (TPSA) is 54.5 Å². The van der Waals surface area contributed by atoms with E-state index in [1.807, 2.05) is 11.8 Å². The molecule has 4 nitrogen and oxygen atoms in total. The summed E-state index contributed by atoms with van der Waals surface area (Å²) < 4.78 is 25.3. The molecule has 6 heteroatoms. The molecule has 3 aromatic rings. The highest BCUT2D eigenvalue weighted by Gasteiger charge is 2.29. The Morgan fingerprint density at radius 1 is 1.11 bits per heavy atom. The molecule has 1 aliphatic heterocycles. The number of carbonyl (C=O) groups excluding carboxylic acids is 1. The summed E-state index contributed by atoms with van der Waals surface area (Å²) in [6.07, 6.45) is 0.866. The summed E-state index contributed by atoms with van der Waals surface area (Å²) in [5.74, 6) is -0.175. The highest BCUT2D eigenvalue weighted by molar-refractivity contribution is 7.90. The molecule has 0 N–H and O–H groups in total. The molecule has 2 aromatic carbocycles. The zero-order chi connectivity index (χ0) is 19.7. The van der Waals surface area contributed by atoms with Gasteiger partial charge in [0, 0.05) is 17.0 Å². The lowest BCUT2D eigenvalue weighted by atomic mass is 10.00. The van der Waals surface area contributed by atoms with Crippen molar-refractivity contribution in [1.82, 2.24) is 4.90 Å². The molecular formula is C22H21NO3S2. The van der Waals surface area contributed by atoms with E-state index in [-0.39, 0.29) is 17.7 Å². The van der Waals surface area contributed by atoms with Gasteiger partial charge in [-0.05, 0) is 60.2 Å². The van der Waals surface area contributed by atoms with Crippen molar-refractivity contribution in [2.45, 2.75) is 30.0 Å². The van der Waals surface area contributed by atoms with E-state index in [1.54, 1.807) is 65.9 Å². The molecule has 0 saturated heterocycles. The number of hydrogen-bond acceptors (Lipinski definition) is 4. The molecule has 1 aliphatic rings. The maximum Gasteiger partial charge on any atom is 0.254 e. The summed E-state index contributed by atoms with van der Waals surface area (Å²) in [5.41, 5.74) is 2.37. The Kier molecular flexibility index (Phi) is 5.08. The van der Waals surface area contributed by atoms with E-state index in [4.69, 9.17) is 0 Å². The minimum Gasteiger partial charge on any atom is -0.331 e. The molecule has 4 rings (SSSR count). The van der Waals surface area contributed by atoms with Gasteiger partial charge in [0.1, 0.15) is 0 Å². The van der Waals surface area contributed by atoms with Crippen LogP contribution in [0.2, 0.25) is 0 Å². The lowest BCUT2D eigenvalue weighted by Gasteiger charge is -2.33. The summed E-state index contributed by atoms with van der Waals surface area (Å²) in [5, 5.41) is 2.07. The van der Waals surface area contributed by atoms with Crippen LogP contribution in [0.15, 0.2) is 70.9 Å². The largest absolute Gasteiger partial charge is 0.331 e. The van der Waals surface area contributed by atoms with Gasteiger partial charge in [0.25, 0.3) is 5.91 Å². The molecule has 0 saturated carbocycles. The minimum absolute atomic E-state index is 0.0270. The van der Waals surface area contributed by atoms with Crippen molar-refractivity contribution in [3.63, 3.8) is 0 Å². The Bertz CT molecular complexity index is 1100. The van der Waals surface area contributed by atoms with Crippen molar-refractivity contribution in [2.24, 2.45) is 0 Å². The molecule has 0 aliphatic carbocycles. The molecule has 1 atom stereocenters. The fourth-order valence-electron chi connectivity index (χ4n) is 3.68. The highest BCUT2D eigenvalue weighted by atomic mass is 32.2.